The maximum absolute atomic E-state index is 12.0. The van der Waals surface area contributed by atoms with Crippen molar-refractivity contribution in [3.05, 3.63) is 30.6 Å². The second kappa shape index (κ2) is 6.73. The van der Waals surface area contributed by atoms with Gasteiger partial charge in [0.2, 0.25) is 5.91 Å². The third-order valence-electron chi connectivity index (χ3n) is 2.78. The zero-order chi connectivity index (χ0) is 14.4. The first-order chi connectivity index (χ1) is 9.74. The fourth-order valence-electron chi connectivity index (χ4n) is 1.72. The van der Waals surface area contributed by atoms with Crippen LogP contribution in [0.2, 0.25) is 0 Å². The highest BCUT2D eigenvalue weighted by atomic mass is 16.5. The maximum Gasteiger partial charge on any atom is 0.227 e. The van der Waals surface area contributed by atoms with Crippen molar-refractivity contribution >= 4 is 11.6 Å². The summed E-state index contributed by atoms with van der Waals surface area (Å²) in [7, 11) is 1.53. The number of hydrogen-bond acceptors (Lipinski definition) is 6. The van der Waals surface area contributed by atoms with Gasteiger partial charge in [-0.05, 0) is 22.6 Å². The number of carbonyl (C=O) groups is 1. The predicted octanol–water partition coefficient (Wildman–Crippen LogP) is -0.0354. The van der Waals surface area contributed by atoms with Gasteiger partial charge in [-0.25, -0.2) is 0 Å². The van der Waals surface area contributed by atoms with E-state index in [0.29, 0.717) is 17.9 Å². The van der Waals surface area contributed by atoms with Crippen molar-refractivity contribution in [1.29, 1.82) is 0 Å². The largest absolute Gasteiger partial charge is 0.380 e. The first kappa shape index (κ1) is 14.1. The third kappa shape index (κ3) is 3.37. The molecule has 1 aromatic heterocycles. The summed E-state index contributed by atoms with van der Waals surface area (Å²) in [6.45, 7) is 0.290. The van der Waals surface area contributed by atoms with Crippen LogP contribution in [-0.4, -0.2) is 45.9 Å². The molecule has 2 aromatic rings. The summed E-state index contributed by atoms with van der Waals surface area (Å²) in [5.41, 5.74) is 6.81. The Morgan fingerprint density at radius 2 is 2.30 bits per heavy atom. The van der Waals surface area contributed by atoms with Crippen LogP contribution in [0.15, 0.2) is 30.6 Å². The summed E-state index contributed by atoms with van der Waals surface area (Å²) in [5.74, 6) is -0.178. The van der Waals surface area contributed by atoms with Crippen LogP contribution in [0.4, 0.5) is 5.69 Å². The minimum Gasteiger partial charge on any atom is -0.380 e. The molecule has 0 spiro atoms. The average Bonchev–Trinajstić information content (AvgIpc) is 2.99. The molecule has 3 N–H and O–H groups in total. The van der Waals surface area contributed by atoms with E-state index in [0.717, 1.165) is 0 Å². The number of para-hydroxylation sites is 2. The number of hydrogen-bond donors (Lipinski definition) is 2. The number of carbonyl (C=O) groups excluding carboxylic acids is 1. The van der Waals surface area contributed by atoms with Gasteiger partial charge in [-0.3, -0.25) is 4.79 Å². The van der Waals surface area contributed by atoms with Crippen LogP contribution in [0.25, 0.3) is 5.69 Å². The average molecular weight is 276 g/mol. The lowest BCUT2D eigenvalue weighted by Gasteiger charge is -2.14. The van der Waals surface area contributed by atoms with Gasteiger partial charge in [0.25, 0.3) is 0 Å². The third-order valence-corrected chi connectivity index (χ3v) is 2.78. The quantitative estimate of drug-likeness (QED) is 0.766. The van der Waals surface area contributed by atoms with Crippen molar-refractivity contribution in [3.8, 4) is 5.69 Å². The van der Waals surface area contributed by atoms with Crippen molar-refractivity contribution in [1.82, 2.24) is 20.2 Å². The van der Waals surface area contributed by atoms with E-state index in [9.17, 15) is 4.79 Å². The van der Waals surface area contributed by atoms with Gasteiger partial charge in [0.1, 0.15) is 6.33 Å². The molecule has 1 amide bonds. The molecule has 8 nitrogen and oxygen atoms in total. The normalized spacial score (nSPS) is 12.1. The van der Waals surface area contributed by atoms with Crippen molar-refractivity contribution in [2.45, 2.75) is 12.5 Å². The van der Waals surface area contributed by atoms with Gasteiger partial charge in [-0.15, -0.1) is 5.10 Å². The predicted molar refractivity (Wildman–Crippen MR) is 72.3 cm³/mol. The van der Waals surface area contributed by atoms with E-state index < -0.39 is 0 Å². The molecule has 0 saturated carbocycles. The number of nitrogens with two attached hydrogens (primary N) is 1. The second-order valence-corrected chi connectivity index (χ2v) is 4.12. The lowest BCUT2D eigenvalue weighted by molar-refractivity contribution is -0.118. The molecule has 1 heterocycles. The van der Waals surface area contributed by atoms with Gasteiger partial charge in [-0.1, -0.05) is 12.1 Å². The number of nitrogens with one attached hydrogen (secondary N) is 1. The monoisotopic (exact) mass is 276 g/mol. The highest BCUT2D eigenvalue weighted by Gasteiger charge is 2.13. The number of amides is 1. The van der Waals surface area contributed by atoms with Crippen LogP contribution < -0.4 is 11.1 Å². The molecule has 20 heavy (non-hydrogen) atoms. The molecule has 2 rings (SSSR count). The number of anilines is 1. The molecule has 0 aliphatic rings. The Hall–Kier alpha value is -2.32. The van der Waals surface area contributed by atoms with Gasteiger partial charge in [0.05, 0.1) is 23.9 Å². The second-order valence-electron chi connectivity index (χ2n) is 4.12. The minimum atomic E-state index is -0.296. The van der Waals surface area contributed by atoms with Crippen molar-refractivity contribution in [3.63, 3.8) is 0 Å². The molecule has 106 valence electrons. The van der Waals surface area contributed by atoms with Gasteiger partial charge >= 0.3 is 0 Å². The number of rotatable bonds is 6. The highest BCUT2D eigenvalue weighted by molar-refractivity contribution is 5.93. The summed E-state index contributed by atoms with van der Waals surface area (Å²) < 4.78 is 6.57. The first-order valence-corrected chi connectivity index (χ1v) is 6.09. The molecule has 1 atom stereocenters. The van der Waals surface area contributed by atoms with E-state index in [4.69, 9.17) is 10.5 Å². The van der Waals surface area contributed by atoms with E-state index in [2.05, 4.69) is 20.8 Å². The number of methoxy groups -OCH3 is 1. The molecule has 0 aliphatic carbocycles. The van der Waals surface area contributed by atoms with E-state index in [1.54, 1.807) is 6.07 Å². The zero-order valence-electron chi connectivity index (χ0n) is 11.1. The van der Waals surface area contributed by atoms with E-state index in [-0.39, 0.29) is 18.4 Å². The fourth-order valence-corrected chi connectivity index (χ4v) is 1.72. The van der Waals surface area contributed by atoms with E-state index in [1.807, 2.05) is 18.2 Å². The number of tetrazole rings is 1. The van der Waals surface area contributed by atoms with Crippen LogP contribution in [0.5, 0.6) is 0 Å². The van der Waals surface area contributed by atoms with Crippen molar-refractivity contribution < 1.29 is 9.53 Å². The van der Waals surface area contributed by atoms with E-state index >= 15 is 0 Å². The fraction of sp³-hybridized carbons (Fsp3) is 0.333. The summed E-state index contributed by atoms with van der Waals surface area (Å²) >= 11 is 0. The molecule has 0 radical (unpaired) electrons. The molecule has 1 aromatic carbocycles. The smallest absolute Gasteiger partial charge is 0.227 e. The van der Waals surface area contributed by atoms with Crippen LogP contribution in [0, 0.1) is 0 Å². The Morgan fingerprint density at radius 3 is 2.95 bits per heavy atom. The Morgan fingerprint density at radius 1 is 1.50 bits per heavy atom. The first-order valence-electron chi connectivity index (χ1n) is 6.09. The van der Waals surface area contributed by atoms with Crippen LogP contribution in [-0.2, 0) is 9.53 Å². The number of ether oxygens (including phenoxy) is 1. The molecule has 0 saturated heterocycles. The summed E-state index contributed by atoms with van der Waals surface area (Å²) in [6.07, 6.45) is 1.36. The Kier molecular flexibility index (Phi) is 4.75. The van der Waals surface area contributed by atoms with Crippen LogP contribution in [0.3, 0.4) is 0 Å². The van der Waals surface area contributed by atoms with Gasteiger partial charge < -0.3 is 15.8 Å². The zero-order valence-corrected chi connectivity index (χ0v) is 11.1. The van der Waals surface area contributed by atoms with E-state index in [1.165, 1.54) is 18.1 Å². The lowest BCUT2D eigenvalue weighted by Crippen LogP contribution is -2.28. The standard InChI is InChI=1S/C12H16N6O2/c1-20-9(7-13)6-12(19)15-10-4-2-3-5-11(10)18-8-14-16-17-18/h2-5,8-9H,6-7,13H2,1H3,(H,15,19). The Bertz CT molecular complexity index is 553. The Labute approximate surface area is 115 Å². The maximum atomic E-state index is 12.0. The lowest BCUT2D eigenvalue weighted by atomic mass is 10.2. The number of aromatic nitrogens is 4. The Balaban J connectivity index is 2.12. The number of benzene rings is 1. The summed E-state index contributed by atoms with van der Waals surface area (Å²) in [5, 5.41) is 13.8. The molecule has 0 fully saturated rings. The van der Waals surface area contributed by atoms with Crippen LogP contribution in [0.1, 0.15) is 6.42 Å². The molecule has 8 heteroatoms. The summed E-state index contributed by atoms with van der Waals surface area (Å²) in [6, 6.07) is 7.24. The number of nitrogens with zero attached hydrogens (tertiary/aromatic N) is 4. The molecule has 0 aliphatic heterocycles. The highest BCUT2D eigenvalue weighted by Crippen LogP contribution is 2.18. The van der Waals surface area contributed by atoms with Crippen LogP contribution >= 0.6 is 0 Å². The van der Waals surface area contributed by atoms with Gasteiger partial charge in [0, 0.05) is 13.7 Å². The van der Waals surface area contributed by atoms with Gasteiger partial charge in [-0.2, -0.15) is 4.68 Å². The molecular formula is C12H16N6O2. The van der Waals surface area contributed by atoms with Crippen molar-refractivity contribution in [2.24, 2.45) is 5.73 Å². The minimum absolute atomic E-state index is 0.178. The molecule has 0 bridgehead atoms. The topological polar surface area (TPSA) is 108 Å². The van der Waals surface area contributed by atoms with Gasteiger partial charge in [0.15, 0.2) is 0 Å². The molecular weight excluding hydrogens is 260 g/mol. The SMILES string of the molecule is COC(CN)CC(=O)Nc1ccccc1-n1cnnn1. The summed E-state index contributed by atoms with van der Waals surface area (Å²) in [4.78, 5) is 12.0. The molecule has 1 unspecified atom stereocenters. The van der Waals surface area contributed by atoms with Crippen molar-refractivity contribution in [2.75, 3.05) is 19.0 Å².